The lowest BCUT2D eigenvalue weighted by molar-refractivity contribution is -0.115. The summed E-state index contributed by atoms with van der Waals surface area (Å²) in [7, 11) is 0. The first-order chi connectivity index (χ1) is 15.6. The number of nitrogens with one attached hydrogen (secondary N) is 1. The molecule has 0 aliphatic rings. The summed E-state index contributed by atoms with van der Waals surface area (Å²) in [5.74, 6) is 0.513. The Morgan fingerprint density at radius 3 is 2.66 bits per heavy atom. The summed E-state index contributed by atoms with van der Waals surface area (Å²) in [6.07, 6.45) is 2.09. The van der Waals surface area contributed by atoms with E-state index < -0.39 is 0 Å². The van der Waals surface area contributed by atoms with Gasteiger partial charge in [0.1, 0.15) is 22.2 Å². The first kappa shape index (κ1) is 20.4. The van der Waals surface area contributed by atoms with Crippen LogP contribution in [0.3, 0.4) is 0 Å². The van der Waals surface area contributed by atoms with Crippen LogP contribution in [0.25, 0.3) is 27.5 Å². The normalized spacial score (nSPS) is 11.1. The lowest BCUT2D eigenvalue weighted by Crippen LogP contribution is -2.16. The molecule has 0 unspecified atom stereocenters. The number of rotatable bonds is 5. The molecular weight excluding hydrogens is 440 g/mol. The van der Waals surface area contributed by atoms with Gasteiger partial charge in [0.15, 0.2) is 0 Å². The molecular formula is C25H19ClN4OS. The van der Waals surface area contributed by atoms with Gasteiger partial charge in [-0.3, -0.25) is 9.20 Å². The third kappa shape index (κ3) is 4.02. The third-order valence-corrected chi connectivity index (χ3v) is 6.29. The van der Waals surface area contributed by atoms with Crippen molar-refractivity contribution in [3.05, 3.63) is 94.6 Å². The molecule has 5 nitrogen and oxygen atoms in total. The quantitative estimate of drug-likeness (QED) is 0.337. The number of aryl methyl sites for hydroxylation is 1. The number of aromatic nitrogens is 3. The zero-order valence-electron chi connectivity index (χ0n) is 17.2. The van der Waals surface area contributed by atoms with Gasteiger partial charge in [0.2, 0.25) is 5.91 Å². The minimum absolute atomic E-state index is 0.145. The van der Waals surface area contributed by atoms with E-state index in [0.717, 1.165) is 33.0 Å². The van der Waals surface area contributed by atoms with Crippen molar-refractivity contribution >= 4 is 40.3 Å². The van der Waals surface area contributed by atoms with Crippen molar-refractivity contribution in [3.8, 4) is 21.8 Å². The molecule has 3 aromatic heterocycles. The van der Waals surface area contributed by atoms with Crippen LogP contribution in [-0.4, -0.2) is 20.3 Å². The van der Waals surface area contributed by atoms with Crippen molar-refractivity contribution in [2.24, 2.45) is 0 Å². The molecule has 0 aliphatic carbocycles. The van der Waals surface area contributed by atoms with Gasteiger partial charge in [0, 0.05) is 27.7 Å². The van der Waals surface area contributed by atoms with Crippen molar-refractivity contribution in [3.63, 3.8) is 0 Å². The van der Waals surface area contributed by atoms with Gasteiger partial charge in [0.05, 0.1) is 12.1 Å². The zero-order chi connectivity index (χ0) is 22.1. The van der Waals surface area contributed by atoms with Crippen LogP contribution in [0.1, 0.15) is 11.3 Å². The third-order valence-electron chi connectivity index (χ3n) is 5.12. The summed E-state index contributed by atoms with van der Waals surface area (Å²) < 4.78 is 1.92. The fraction of sp³-hybridized carbons (Fsp3) is 0.0800. The number of pyridine rings is 1. The van der Waals surface area contributed by atoms with Crippen LogP contribution in [0, 0.1) is 6.92 Å². The Kier molecular flexibility index (Phi) is 5.47. The molecule has 2 aromatic carbocycles. The summed E-state index contributed by atoms with van der Waals surface area (Å²) in [6.45, 7) is 2.01. The number of nitrogens with zero attached hydrogens (tertiary/aromatic N) is 3. The Morgan fingerprint density at radius 1 is 1.03 bits per heavy atom. The van der Waals surface area contributed by atoms with Crippen LogP contribution in [-0.2, 0) is 11.2 Å². The van der Waals surface area contributed by atoms with Crippen LogP contribution >= 0.6 is 22.9 Å². The number of fused-ring (bicyclic) bond motifs is 1. The van der Waals surface area contributed by atoms with Crippen molar-refractivity contribution in [1.29, 1.82) is 0 Å². The van der Waals surface area contributed by atoms with E-state index in [4.69, 9.17) is 16.6 Å². The van der Waals surface area contributed by atoms with Crippen LogP contribution < -0.4 is 5.32 Å². The topological polar surface area (TPSA) is 59.3 Å². The maximum Gasteiger partial charge on any atom is 0.231 e. The Bertz CT molecular complexity index is 1420. The van der Waals surface area contributed by atoms with E-state index in [-0.39, 0.29) is 12.3 Å². The van der Waals surface area contributed by atoms with Gasteiger partial charge < -0.3 is 5.32 Å². The van der Waals surface area contributed by atoms with Crippen LogP contribution in [0.5, 0.6) is 0 Å². The molecule has 0 spiro atoms. The van der Waals surface area contributed by atoms with Gasteiger partial charge in [-0.15, -0.1) is 11.3 Å². The van der Waals surface area contributed by atoms with Crippen LogP contribution in [0.15, 0.2) is 78.3 Å². The number of halogens is 1. The molecule has 0 radical (unpaired) electrons. The van der Waals surface area contributed by atoms with Gasteiger partial charge in [-0.2, -0.15) is 0 Å². The predicted molar refractivity (Wildman–Crippen MR) is 130 cm³/mol. The highest BCUT2D eigenvalue weighted by molar-refractivity contribution is 7.13. The molecule has 1 amide bonds. The minimum atomic E-state index is -0.145. The van der Waals surface area contributed by atoms with E-state index in [9.17, 15) is 4.79 Å². The second kappa shape index (κ2) is 8.57. The van der Waals surface area contributed by atoms with E-state index in [1.165, 1.54) is 11.3 Å². The summed E-state index contributed by atoms with van der Waals surface area (Å²) in [5.41, 5.74) is 5.20. The fourth-order valence-corrected chi connectivity index (χ4v) is 4.61. The monoisotopic (exact) mass is 458 g/mol. The molecule has 7 heteroatoms. The van der Waals surface area contributed by atoms with Crippen molar-refractivity contribution in [2.75, 3.05) is 5.32 Å². The smallest absolute Gasteiger partial charge is 0.231 e. The molecule has 0 saturated carbocycles. The van der Waals surface area contributed by atoms with Crippen molar-refractivity contribution < 1.29 is 4.79 Å². The number of benzene rings is 2. The number of amides is 1. The molecule has 5 aromatic rings. The molecule has 1 N–H and O–H groups in total. The van der Waals surface area contributed by atoms with E-state index in [1.807, 2.05) is 89.6 Å². The second-order valence-electron chi connectivity index (χ2n) is 7.44. The molecule has 0 atom stereocenters. The Hall–Kier alpha value is -3.48. The molecule has 0 bridgehead atoms. The van der Waals surface area contributed by atoms with Gasteiger partial charge in [-0.05, 0) is 30.7 Å². The number of carbonyl (C=O) groups is 1. The molecule has 0 aliphatic heterocycles. The SMILES string of the molecule is Cc1cccn2c(NC(=O)Cc3csc(-c4cccc(Cl)c4)n3)c(-c3ccccc3)nc12. The lowest BCUT2D eigenvalue weighted by atomic mass is 10.1. The first-order valence-corrected chi connectivity index (χ1v) is 11.4. The maximum absolute atomic E-state index is 13.0. The van der Waals surface area contributed by atoms with Gasteiger partial charge >= 0.3 is 0 Å². The predicted octanol–water partition coefficient (Wildman–Crippen LogP) is 6.27. The zero-order valence-corrected chi connectivity index (χ0v) is 18.8. The molecule has 3 heterocycles. The van der Waals surface area contributed by atoms with E-state index in [2.05, 4.69) is 10.3 Å². The van der Waals surface area contributed by atoms with Crippen LogP contribution in [0.4, 0.5) is 5.82 Å². The summed E-state index contributed by atoms with van der Waals surface area (Å²) in [5, 5.41) is 6.48. The molecule has 5 rings (SSSR count). The number of thiazole rings is 1. The van der Waals surface area contributed by atoms with Gasteiger partial charge in [-0.1, -0.05) is 60.1 Å². The molecule has 32 heavy (non-hydrogen) atoms. The summed E-state index contributed by atoms with van der Waals surface area (Å²) in [4.78, 5) is 22.4. The second-order valence-corrected chi connectivity index (χ2v) is 8.73. The highest BCUT2D eigenvalue weighted by atomic mass is 35.5. The van der Waals surface area contributed by atoms with E-state index in [0.29, 0.717) is 16.5 Å². The largest absolute Gasteiger partial charge is 0.310 e. The maximum atomic E-state index is 13.0. The average molecular weight is 459 g/mol. The molecule has 158 valence electrons. The highest BCUT2D eigenvalue weighted by Crippen LogP contribution is 2.30. The van der Waals surface area contributed by atoms with Crippen molar-refractivity contribution in [1.82, 2.24) is 14.4 Å². The number of imidazole rings is 1. The molecule has 0 fully saturated rings. The van der Waals surface area contributed by atoms with E-state index >= 15 is 0 Å². The fourth-order valence-electron chi connectivity index (χ4n) is 3.60. The first-order valence-electron chi connectivity index (χ1n) is 10.1. The highest BCUT2D eigenvalue weighted by Gasteiger charge is 2.18. The number of hydrogen-bond donors (Lipinski definition) is 1. The Labute approximate surface area is 194 Å². The number of carbonyl (C=O) groups excluding carboxylic acids is 1. The van der Waals surface area contributed by atoms with Gasteiger partial charge in [-0.25, -0.2) is 9.97 Å². The lowest BCUT2D eigenvalue weighted by Gasteiger charge is -2.07. The number of hydrogen-bond acceptors (Lipinski definition) is 4. The summed E-state index contributed by atoms with van der Waals surface area (Å²) in [6, 6.07) is 21.4. The standard InChI is InChI=1S/C25H19ClN4OS/c1-16-7-6-12-30-23(16)29-22(17-8-3-2-4-9-17)24(30)28-21(31)14-20-15-32-25(27-20)18-10-5-11-19(26)13-18/h2-13,15H,14H2,1H3,(H,28,31). The van der Waals surface area contributed by atoms with Crippen LogP contribution in [0.2, 0.25) is 5.02 Å². The minimum Gasteiger partial charge on any atom is -0.310 e. The number of anilines is 1. The van der Waals surface area contributed by atoms with Gasteiger partial charge in [0.25, 0.3) is 0 Å². The van der Waals surface area contributed by atoms with Crippen molar-refractivity contribution in [2.45, 2.75) is 13.3 Å². The summed E-state index contributed by atoms with van der Waals surface area (Å²) >= 11 is 7.59. The molecule has 0 saturated heterocycles. The van der Waals surface area contributed by atoms with E-state index in [1.54, 1.807) is 0 Å². The average Bonchev–Trinajstić information content (AvgIpc) is 3.40. The Morgan fingerprint density at radius 2 is 1.84 bits per heavy atom. The Balaban J connectivity index is 1.44.